The molecule has 4 fully saturated rings. The summed E-state index contributed by atoms with van der Waals surface area (Å²) < 4.78 is 33.7. The zero-order valence-electron chi connectivity index (χ0n) is 24.7. The van der Waals surface area contributed by atoms with Gasteiger partial charge in [-0.1, -0.05) is 24.3 Å². The molecule has 0 spiro atoms. The Bertz CT molecular complexity index is 1860. The van der Waals surface area contributed by atoms with Crippen LogP contribution in [0.25, 0.3) is 21.6 Å². The van der Waals surface area contributed by atoms with Crippen molar-refractivity contribution in [3.8, 4) is 16.5 Å². The summed E-state index contributed by atoms with van der Waals surface area (Å²) in [7, 11) is -3.86. The maximum Gasteiger partial charge on any atom is 0.259 e. The normalized spacial score (nSPS) is 27.2. The second-order valence-electron chi connectivity index (χ2n) is 12.2. The molecule has 7 rings (SSSR count). The first-order chi connectivity index (χ1) is 22.1. The number of likely N-dealkylation sites (tertiary alicyclic amines) is 1. The third-order valence-electron chi connectivity index (χ3n) is 8.96. The molecule has 3 N–H and O–H groups in total. The number of hydrogen-bond donors (Lipinski definition) is 3. The lowest BCUT2D eigenvalue weighted by atomic mass is 10.1. The van der Waals surface area contributed by atoms with E-state index in [-0.39, 0.29) is 44.0 Å². The number of sulfonamides is 1. The standard InChI is InChI=1S/C31H32N6O7S2/c1-2-17-15-31(17,30(41)36-46(42,43)19-9-10-19)35-27(39)23-14-18(16-37(23)29(40)22-11-12-25(38)32-22)44-28-26(24-8-5-13-45-24)33-20-6-3-4-7-21(20)34-28/h2-8,13,17-19,22-23H,1,9-12,14-16H2,(H,32,38)(H,35,39)(H,36,41)/t17-,18-,22+,23+,31-/m1/s1. The summed E-state index contributed by atoms with van der Waals surface area (Å²) >= 11 is 1.47. The van der Waals surface area contributed by atoms with Gasteiger partial charge in [-0.15, -0.1) is 17.9 Å². The Kier molecular flexibility index (Phi) is 7.54. The van der Waals surface area contributed by atoms with Crippen LogP contribution in [0.1, 0.15) is 38.5 Å². The van der Waals surface area contributed by atoms with Gasteiger partial charge in [-0.05, 0) is 49.3 Å². The van der Waals surface area contributed by atoms with E-state index in [1.165, 1.54) is 22.3 Å². The van der Waals surface area contributed by atoms with Crippen molar-refractivity contribution in [3.05, 3.63) is 54.4 Å². The first-order valence-corrected chi connectivity index (χ1v) is 17.6. The molecule has 13 nitrogen and oxygen atoms in total. The quantitative estimate of drug-likeness (QED) is 0.272. The van der Waals surface area contributed by atoms with Crippen molar-refractivity contribution < 1.29 is 32.3 Å². The topological polar surface area (TPSA) is 177 Å². The van der Waals surface area contributed by atoms with Crippen molar-refractivity contribution in [2.75, 3.05) is 6.54 Å². The van der Waals surface area contributed by atoms with Gasteiger partial charge in [0.1, 0.15) is 29.4 Å². The van der Waals surface area contributed by atoms with Crippen LogP contribution >= 0.6 is 11.3 Å². The van der Waals surface area contributed by atoms with Gasteiger partial charge in [0.15, 0.2) is 0 Å². The fourth-order valence-corrected chi connectivity index (χ4v) is 8.26. The molecule has 240 valence electrons. The molecule has 2 aliphatic heterocycles. The van der Waals surface area contributed by atoms with Crippen LogP contribution in [-0.2, 0) is 29.2 Å². The van der Waals surface area contributed by atoms with Gasteiger partial charge in [0.05, 0.1) is 27.7 Å². The van der Waals surface area contributed by atoms with Crippen molar-refractivity contribution in [3.63, 3.8) is 0 Å². The molecule has 4 heterocycles. The number of amides is 4. The van der Waals surface area contributed by atoms with E-state index in [9.17, 15) is 27.6 Å². The summed E-state index contributed by atoms with van der Waals surface area (Å²) in [6.45, 7) is 3.76. The fraction of sp³-hybridized carbons (Fsp3) is 0.419. The molecule has 46 heavy (non-hydrogen) atoms. The summed E-state index contributed by atoms with van der Waals surface area (Å²) in [4.78, 5) is 64.7. The van der Waals surface area contributed by atoms with Crippen molar-refractivity contribution in [1.82, 2.24) is 30.2 Å². The molecule has 3 aromatic rings. The number of para-hydroxylation sites is 2. The average molecular weight is 665 g/mol. The number of carbonyl (C=O) groups is 4. The van der Waals surface area contributed by atoms with Crippen LogP contribution in [0.2, 0.25) is 0 Å². The minimum absolute atomic E-state index is 0.0157. The highest BCUT2D eigenvalue weighted by Crippen LogP contribution is 2.45. The molecule has 2 saturated carbocycles. The van der Waals surface area contributed by atoms with Gasteiger partial charge in [0, 0.05) is 18.8 Å². The number of carbonyl (C=O) groups excluding carboxylic acids is 4. The Labute approximate surface area is 268 Å². The molecule has 4 amide bonds. The molecular weight excluding hydrogens is 633 g/mol. The Hall–Kier alpha value is -4.37. The van der Waals surface area contributed by atoms with Gasteiger partial charge in [-0.25, -0.2) is 18.4 Å². The van der Waals surface area contributed by atoms with Crippen molar-refractivity contribution in [1.29, 1.82) is 0 Å². The van der Waals surface area contributed by atoms with Gasteiger partial charge >= 0.3 is 0 Å². The first kappa shape index (κ1) is 30.3. The van der Waals surface area contributed by atoms with Crippen molar-refractivity contribution >= 4 is 56.0 Å². The number of hydrogen-bond acceptors (Lipinski definition) is 10. The zero-order valence-corrected chi connectivity index (χ0v) is 26.3. The predicted octanol–water partition coefficient (Wildman–Crippen LogP) is 1.65. The van der Waals surface area contributed by atoms with E-state index < -0.39 is 62.6 Å². The van der Waals surface area contributed by atoms with Gasteiger partial charge in [-0.3, -0.25) is 23.9 Å². The highest BCUT2D eigenvalue weighted by molar-refractivity contribution is 7.91. The third kappa shape index (κ3) is 5.61. The monoisotopic (exact) mass is 664 g/mol. The van der Waals surface area contributed by atoms with Gasteiger partial charge in [0.2, 0.25) is 33.6 Å². The van der Waals surface area contributed by atoms with Crippen molar-refractivity contribution in [2.45, 2.75) is 67.5 Å². The number of nitrogens with one attached hydrogen (secondary N) is 3. The van der Waals surface area contributed by atoms with Crippen LogP contribution < -0.4 is 20.1 Å². The Morgan fingerprint density at radius 3 is 2.50 bits per heavy atom. The second kappa shape index (κ2) is 11.5. The highest BCUT2D eigenvalue weighted by Gasteiger charge is 2.62. The smallest absolute Gasteiger partial charge is 0.259 e. The summed E-state index contributed by atoms with van der Waals surface area (Å²) in [6, 6.07) is 9.31. The minimum Gasteiger partial charge on any atom is -0.471 e. The van der Waals surface area contributed by atoms with E-state index in [4.69, 9.17) is 14.7 Å². The Morgan fingerprint density at radius 2 is 1.87 bits per heavy atom. The lowest BCUT2D eigenvalue weighted by molar-refractivity contribution is -0.141. The van der Waals surface area contributed by atoms with Crippen LogP contribution in [-0.4, -0.2) is 82.4 Å². The summed E-state index contributed by atoms with van der Waals surface area (Å²) in [6.07, 6.45) is 2.49. The minimum atomic E-state index is -3.86. The maximum atomic E-state index is 14.0. The lowest BCUT2D eigenvalue weighted by Gasteiger charge is -2.28. The molecule has 15 heteroatoms. The number of rotatable bonds is 10. The molecule has 0 unspecified atom stereocenters. The Balaban J connectivity index is 1.16. The fourth-order valence-electron chi connectivity index (χ4n) is 6.19. The number of nitrogens with zero attached hydrogens (tertiary/aromatic N) is 3. The van der Waals surface area contributed by atoms with Gasteiger partial charge < -0.3 is 20.3 Å². The van der Waals surface area contributed by atoms with E-state index in [1.54, 1.807) is 0 Å². The number of fused-ring (bicyclic) bond motifs is 1. The van der Waals surface area contributed by atoms with E-state index >= 15 is 0 Å². The van der Waals surface area contributed by atoms with E-state index in [2.05, 4.69) is 21.9 Å². The average Bonchev–Trinajstić information content (AvgIpc) is 3.82. The molecule has 0 radical (unpaired) electrons. The molecule has 2 aromatic heterocycles. The number of ether oxygens (including phenoxy) is 1. The molecular formula is C31H32N6O7S2. The van der Waals surface area contributed by atoms with Crippen LogP contribution in [0.15, 0.2) is 54.4 Å². The number of thiophene rings is 1. The lowest BCUT2D eigenvalue weighted by Crippen LogP contribution is -2.57. The van der Waals surface area contributed by atoms with Gasteiger partial charge in [-0.2, -0.15) is 0 Å². The van der Waals surface area contributed by atoms with Crippen LogP contribution in [0.3, 0.4) is 0 Å². The summed E-state index contributed by atoms with van der Waals surface area (Å²) in [5, 5.41) is 6.74. The molecule has 0 bridgehead atoms. The SMILES string of the molecule is C=C[C@@H]1C[C@]1(NC(=O)[C@@H]1C[C@@H](Oc2nc3ccccc3nc2-c2cccs2)CN1C(=O)[C@@H]1CCC(=O)N1)C(=O)NS(=O)(=O)C1CC1. The molecule has 2 saturated heterocycles. The predicted molar refractivity (Wildman–Crippen MR) is 168 cm³/mol. The summed E-state index contributed by atoms with van der Waals surface area (Å²) in [5.41, 5.74) is 0.322. The van der Waals surface area contributed by atoms with Crippen LogP contribution in [0.5, 0.6) is 5.88 Å². The molecule has 1 aromatic carbocycles. The second-order valence-corrected chi connectivity index (χ2v) is 15.1. The Morgan fingerprint density at radius 1 is 1.11 bits per heavy atom. The highest BCUT2D eigenvalue weighted by atomic mass is 32.2. The molecule has 4 aliphatic rings. The number of aromatic nitrogens is 2. The van der Waals surface area contributed by atoms with E-state index in [0.29, 0.717) is 29.6 Å². The van der Waals surface area contributed by atoms with Crippen LogP contribution in [0.4, 0.5) is 0 Å². The largest absolute Gasteiger partial charge is 0.471 e. The summed E-state index contributed by atoms with van der Waals surface area (Å²) in [5.74, 6) is -2.38. The van der Waals surface area contributed by atoms with E-state index in [0.717, 1.165) is 4.88 Å². The number of benzene rings is 1. The molecule has 5 atom stereocenters. The van der Waals surface area contributed by atoms with Crippen molar-refractivity contribution in [2.24, 2.45) is 5.92 Å². The van der Waals surface area contributed by atoms with Crippen LogP contribution in [0, 0.1) is 5.92 Å². The third-order valence-corrected chi connectivity index (χ3v) is 11.7. The van der Waals surface area contributed by atoms with Gasteiger partial charge in [0.25, 0.3) is 5.91 Å². The maximum absolute atomic E-state index is 14.0. The first-order valence-electron chi connectivity index (χ1n) is 15.2. The zero-order chi connectivity index (χ0) is 32.2. The van der Waals surface area contributed by atoms with E-state index in [1.807, 2.05) is 41.8 Å². The molecule has 2 aliphatic carbocycles.